The summed E-state index contributed by atoms with van der Waals surface area (Å²) in [5.74, 6) is 0.151. The third-order valence-corrected chi connectivity index (χ3v) is 4.34. The van der Waals surface area contributed by atoms with Crippen LogP contribution in [-0.4, -0.2) is 11.5 Å². The van der Waals surface area contributed by atoms with E-state index in [1.165, 1.54) is 18.9 Å². The molecule has 20 heavy (non-hydrogen) atoms. The van der Waals surface area contributed by atoms with Crippen molar-refractivity contribution in [2.24, 2.45) is 0 Å². The standard InChI is InChI=1S/C16H18ClFN2/c1-2-19-14-9-13(10-5-3-4-6-10)20-16-12(18)8-7-11(17)15(14)16/h7-10H,2-6H2,1H3,(H,19,20). The first-order chi connectivity index (χ1) is 9.70. The summed E-state index contributed by atoms with van der Waals surface area (Å²) in [7, 11) is 0. The fraction of sp³-hybridized carbons (Fsp3) is 0.438. The van der Waals surface area contributed by atoms with Gasteiger partial charge in [-0.05, 0) is 38.0 Å². The number of halogens is 2. The monoisotopic (exact) mass is 292 g/mol. The summed E-state index contributed by atoms with van der Waals surface area (Å²) in [5, 5.41) is 4.53. The van der Waals surface area contributed by atoms with Crippen LogP contribution in [0.25, 0.3) is 10.9 Å². The van der Waals surface area contributed by atoms with Gasteiger partial charge in [-0.1, -0.05) is 24.4 Å². The van der Waals surface area contributed by atoms with Crippen LogP contribution in [0.1, 0.15) is 44.2 Å². The molecular formula is C16H18ClFN2. The Bertz CT molecular complexity index is 636. The predicted octanol–water partition coefficient (Wildman–Crippen LogP) is 5.12. The van der Waals surface area contributed by atoms with Crippen LogP contribution >= 0.6 is 11.6 Å². The Morgan fingerprint density at radius 3 is 2.80 bits per heavy atom. The number of fused-ring (bicyclic) bond motifs is 1. The van der Waals surface area contributed by atoms with E-state index in [1.807, 2.05) is 13.0 Å². The van der Waals surface area contributed by atoms with E-state index in [0.717, 1.165) is 30.8 Å². The fourth-order valence-electron chi connectivity index (χ4n) is 3.05. The Balaban J connectivity index is 2.21. The maximum absolute atomic E-state index is 14.1. The van der Waals surface area contributed by atoms with Gasteiger partial charge in [0.1, 0.15) is 11.3 Å². The SMILES string of the molecule is CCNc1cc(C2CCCC2)nc2c(F)ccc(Cl)c12. The minimum absolute atomic E-state index is 0.302. The molecule has 0 bridgehead atoms. The number of nitrogens with zero attached hydrogens (tertiary/aromatic N) is 1. The Morgan fingerprint density at radius 1 is 1.35 bits per heavy atom. The van der Waals surface area contributed by atoms with Crippen LogP contribution in [0.5, 0.6) is 0 Å². The number of hydrogen-bond acceptors (Lipinski definition) is 2. The van der Waals surface area contributed by atoms with Crippen molar-refractivity contribution in [1.82, 2.24) is 4.98 Å². The van der Waals surface area contributed by atoms with Gasteiger partial charge in [0.15, 0.2) is 0 Å². The van der Waals surface area contributed by atoms with Crippen molar-refractivity contribution in [1.29, 1.82) is 0 Å². The molecule has 1 aromatic carbocycles. The van der Waals surface area contributed by atoms with Crippen LogP contribution in [0.3, 0.4) is 0 Å². The lowest BCUT2D eigenvalue weighted by Crippen LogP contribution is -2.04. The topological polar surface area (TPSA) is 24.9 Å². The molecule has 106 valence electrons. The van der Waals surface area contributed by atoms with E-state index in [0.29, 0.717) is 21.8 Å². The maximum atomic E-state index is 14.1. The van der Waals surface area contributed by atoms with Crippen LogP contribution in [0.2, 0.25) is 5.02 Å². The Kier molecular flexibility index (Phi) is 3.79. The van der Waals surface area contributed by atoms with Gasteiger partial charge >= 0.3 is 0 Å². The molecule has 1 fully saturated rings. The van der Waals surface area contributed by atoms with E-state index in [9.17, 15) is 4.39 Å². The number of aromatic nitrogens is 1. The average molecular weight is 293 g/mol. The van der Waals surface area contributed by atoms with Crippen molar-refractivity contribution in [2.45, 2.75) is 38.5 Å². The highest BCUT2D eigenvalue weighted by molar-refractivity contribution is 6.36. The van der Waals surface area contributed by atoms with Crippen molar-refractivity contribution >= 4 is 28.2 Å². The minimum Gasteiger partial charge on any atom is -0.385 e. The lowest BCUT2D eigenvalue weighted by atomic mass is 10.0. The zero-order valence-corrected chi connectivity index (χ0v) is 12.3. The smallest absolute Gasteiger partial charge is 0.149 e. The Morgan fingerprint density at radius 2 is 2.10 bits per heavy atom. The molecule has 0 atom stereocenters. The summed E-state index contributed by atoms with van der Waals surface area (Å²) in [6, 6.07) is 5.04. The molecule has 1 aromatic heterocycles. The van der Waals surface area contributed by atoms with Gasteiger partial charge in [0, 0.05) is 29.2 Å². The molecular weight excluding hydrogens is 275 g/mol. The predicted molar refractivity (Wildman–Crippen MR) is 82.1 cm³/mol. The zero-order chi connectivity index (χ0) is 14.1. The van der Waals surface area contributed by atoms with Crippen molar-refractivity contribution < 1.29 is 4.39 Å². The Labute approximate surface area is 123 Å². The zero-order valence-electron chi connectivity index (χ0n) is 11.5. The number of nitrogens with one attached hydrogen (secondary N) is 1. The highest BCUT2D eigenvalue weighted by Crippen LogP contribution is 2.38. The molecule has 4 heteroatoms. The largest absolute Gasteiger partial charge is 0.385 e. The van der Waals surface area contributed by atoms with E-state index in [1.54, 1.807) is 6.07 Å². The normalized spacial score (nSPS) is 15.9. The number of anilines is 1. The molecule has 0 unspecified atom stereocenters. The van der Waals surface area contributed by atoms with Crippen molar-refractivity contribution in [3.63, 3.8) is 0 Å². The van der Waals surface area contributed by atoms with Crippen molar-refractivity contribution in [3.8, 4) is 0 Å². The van der Waals surface area contributed by atoms with E-state index >= 15 is 0 Å². The molecule has 3 rings (SSSR count). The number of rotatable bonds is 3. The number of pyridine rings is 1. The molecule has 0 aliphatic heterocycles. The van der Waals surface area contributed by atoms with Crippen LogP contribution < -0.4 is 5.32 Å². The summed E-state index contributed by atoms with van der Waals surface area (Å²) >= 11 is 6.24. The quantitative estimate of drug-likeness (QED) is 0.849. The summed E-state index contributed by atoms with van der Waals surface area (Å²) < 4.78 is 14.1. The second-order valence-electron chi connectivity index (χ2n) is 5.36. The second-order valence-corrected chi connectivity index (χ2v) is 5.77. The molecule has 1 saturated carbocycles. The molecule has 1 heterocycles. The summed E-state index contributed by atoms with van der Waals surface area (Å²) in [5.41, 5.74) is 2.27. The van der Waals surface area contributed by atoms with Crippen LogP contribution in [0.4, 0.5) is 10.1 Å². The molecule has 0 radical (unpaired) electrons. The van der Waals surface area contributed by atoms with Crippen LogP contribution in [-0.2, 0) is 0 Å². The maximum Gasteiger partial charge on any atom is 0.149 e. The van der Waals surface area contributed by atoms with Crippen LogP contribution in [0.15, 0.2) is 18.2 Å². The van der Waals surface area contributed by atoms with Gasteiger partial charge in [0.05, 0.1) is 5.02 Å². The lowest BCUT2D eigenvalue weighted by Gasteiger charge is -2.15. The van der Waals surface area contributed by atoms with E-state index in [2.05, 4.69) is 10.3 Å². The van der Waals surface area contributed by atoms with Crippen molar-refractivity contribution in [3.05, 3.63) is 34.7 Å². The minimum atomic E-state index is -0.302. The summed E-state index contributed by atoms with van der Waals surface area (Å²) in [6.07, 6.45) is 4.76. The van der Waals surface area contributed by atoms with Gasteiger partial charge in [-0.3, -0.25) is 0 Å². The van der Waals surface area contributed by atoms with Gasteiger partial charge in [0.25, 0.3) is 0 Å². The first-order valence-electron chi connectivity index (χ1n) is 7.23. The third-order valence-electron chi connectivity index (χ3n) is 4.02. The van der Waals surface area contributed by atoms with E-state index in [-0.39, 0.29) is 5.82 Å². The van der Waals surface area contributed by atoms with Gasteiger partial charge in [0.2, 0.25) is 0 Å². The molecule has 2 nitrogen and oxygen atoms in total. The summed E-state index contributed by atoms with van der Waals surface area (Å²) in [4.78, 5) is 4.56. The highest BCUT2D eigenvalue weighted by Gasteiger charge is 2.21. The molecule has 1 aliphatic carbocycles. The molecule has 0 saturated heterocycles. The third kappa shape index (κ3) is 2.35. The van der Waals surface area contributed by atoms with Crippen molar-refractivity contribution in [2.75, 3.05) is 11.9 Å². The highest BCUT2D eigenvalue weighted by atomic mass is 35.5. The number of hydrogen-bond donors (Lipinski definition) is 1. The molecule has 1 N–H and O–H groups in total. The fourth-order valence-corrected chi connectivity index (χ4v) is 3.30. The lowest BCUT2D eigenvalue weighted by molar-refractivity contribution is 0.633. The van der Waals surface area contributed by atoms with Gasteiger partial charge in [-0.25, -0.2) is 9.37 Å². The average Bonchev–Trinajstić information content (AvgIpc) is 2.97. The van der Waals surface area contributed by atoms with E-state index < -0.39 is 0 Å². The molecule has 1 aliphatic rings. The van der Waals surface area contributed by atoms with Gasteiger partial charge in [-0.15, -0.1) is 0 Å². The molecule has 0 spiro atoms. The first-order valence-corrected chi connectivity index (χ1v) is 7.61. The molecule has 0 amide bonds. The Hall–Kier alpha value is -1.35. The first kappa shape index (κ1) is 13.6. The second kappa shape index (κ2) is 5.57. The molecule has 2 aromatic rings. The van der Waals surface area contributed by atoms with E-state index in [4.69, 9.17) is 11.6 Å². The van der Waals surface area contributed by atoms with Crippen LogP contribution in [0, 0.1) is 5.82 Å². The van der Waals surface area contributed by atoms with Gasteiger partial charge < -0.3 is 5.32 Å². The number of benzene rings is 1. The summed E-state index contributed by atoms with van der Waals surface area (Å²) in [6.45, 7) is 2.80. The van der Waals surface area contributed by atoms with Gasteiger partial charge in [-0.2, -0.15) is 0 Å².